The van der Waals surface area contributed by atoms with Crippen LogP contribution < -0.4 is 0 Å². The van der Waals surface area contributed by atoms with Gasteiger partial charge in [0.05, 0.1) is 11.6 Å². The Hall–Kier alpha value is -1.61. The first-order valence-electron chi connectivity index (χ1n) is 9.64. The number of benzene rings is 2. The van der Waals surface area contributed by atoms with Crippen molar-refractivity contribution in [2.24, 2.45) is 4.99 Å². The minimum absolute atomic E-state index is 0.130. The van der Waals surface area contributed by atoms with Crippen molar-refractivity contribution in [2.75, 3.05) is 6.61 Å². The molecule has 0 spiro atoms. The minimum Gasteiger partial charge on any atom is -0.475 e. The zero-order valence-corrected chi connectivity index (χ0v) is 18.9. The highest BCUT2D eigenvalue weighted by molar-refractivity contribution is 9.10. The highest BCUT2D eigenvalue weighted by Gasteiger charge is 2.24. The molecule has 1 heterocycles. The van der Waals surface area contributed by atoms with Crippen LogP contribution in [0.2, 0.25) is 0 Å². The fourth-order valence-corrected chi connectivity index (χ4v) is 3.70. The van der Waals surface area contributed by atoms with Crippen molar-refractivity contribution >= 4 is 21.8 Å². The molecule has 0 aromatic heterocycles. The molecule has 0 aliphatic carbocycles. The smallest absolute Gasteiger partial charge is 0.217 e. The van der Waals surface area contributed by atoms with Crippen molar-refractivity contribution in [3.8, 4) is 0 Å². The molecule has 0 fully saturated rings. The molecule has 3 rings (SSSR count). The quantitative estimate of drug-likeness (QED) is 0.552. The first kappa shape index (κ1) is 20.1. The average Bonchev–Trinajstić information content (AvgIpc) is 3.01. The highest BCUT2D eigenvalue weighted by atomic mass is 79.9. The molecule has 0 N–H and O–H groups in total. The summed E-state index contributed by atoms with van der Waals surface area (Å²) >= 11 is 3.59. The summed E-state index contributed by atoms with van der Waals surface area (Å²) in [5, 5.41) is 0. The lowest BCUT2D eigenvalue weighted by Gasteiger charge is -2.26. The number of ether oxygens (including phenoxy) is 1. The van der Waals surface area contributed by atoms with Crippen molar-refractivity contribution < 1.29 is 4.74 Å². The molecule has 0 saturated heterocycles. The Labute approximate surface area is 172 Å². The largest absolute Gasteiger partial charge is 0.475 e. The van der Waals surface area contributed by atoms with Gasteiger partial charge in [-0.1, -0.05) is 71.9 Å². The highest BCUT2D eigenvalue weighted by Crippen LogP contribution is 2.31. The third-order valence-electron chi connectivity index (χ3n) is 5.01. The molecule has 1 aliphatic heterocycles. The number of halogens is 1. The standard InChI is InChI=1S/C24H30BrNO/c1-23(2,3)17-11-16(12-18(14-17)24(4,5)6)13-19-15-27-22(26-19)20-9-7-8-10-21(20)25/h7-12,14,19H,13,15H2,1-6H3/t19-/m0/s1. The lowest BCUT2D eigenvalue weighted by Crippen LogP contribution is -2.18. The second-order valence-corrected chi connectivity index (χ2v) is 10.4. The number of hydrogen-bond acceptors (Lipinski definition) is 2. The van der Waals surface area contributed by atoms with E-state index in [0.717, 1.165) is 22.4 Å². The molecule has 2 aromatic carbocycles. The third-order valence-corrected chi connectivity index (χ3v) is 5.70. The van der Waals surface area contributed by atoms with Crippen LogP contribution in [0, 0.1) is 0 Å². The van der Waals surface area contributed by atoms with E-state index in [-0.39, 0.29) is 16.9 Å². The first-order valence-corrected chi connectivity index (χ1v) is 10.4. The predicted octanol–water partition coefficient (Wildman–Crippen LogP) is 6.43. The van der Waals surface area contributed by atoms with Gasteiger partial charge in [0.1, 0.15) is 6.61 Å². The molecule has 27 heavy (non-hydrogen) atoms. The van der Waals surface area contributed by atoms with Crippen LogP contribution in [-0.2, 0) is 22.0 Å². The molecule has 0 radical (unpaired) electrons. The maximum atomic E-state index is 5.92. The summed E-state index contributed by atoms with van der Waals surface area (Å²) in [6, 6.07) is 15.3. The minimum atomic E-state index is 0.130. The summed E-state index contributed by atoms with van der Waals surface area (Å²) in [7, 11) is 0. The number of rotatable bonds is 3. The van der Waals surface area contributed by atoms with E-state index in [9.17, 15) is 0 Å². The van der Waals surface area contributed by atoms with E-state index in [0.29, 0.717) is 6.61 Å². The Morgan fingerprint density at radius 2 is 1.56 bits per heavy atom. The molecular weight excluding hydrogens is 398 g/mol. The molecule has 144 valence electrons. The van der Waals surface area contributed by atoms with Crippen molar-refractivity contribution in [2.45, 2.75) is 64.8 Å². The van der Waals surface area contributed by atoms with Gasteiger partial charge in [0.15, 0.2) is 0 Å². The summed E-state index contributed by atoms with van der Waals surface area (Å²) < 4.78 is 6.94. The third kappa shape index (κ3) is 4.82. The van der Waals surface area contributed by atoms with E-state index in [1.54, 1.807) is 0 Å². The van der Waals surface area contributed by atoms with Crippen LogP contribution in [0.15, 0.2) is 51.9 Å². The van der Waals surface area contributed by atoms with Crippen LogP contribution >= 0.6 is 15.9 Å². The van der Waals surface area contributed by atoms with E-state index in [1.165, 1.54) is 16.7 Å². The SMILES string of the molecule is CC(C)(C)c1cc(C[C@H]2COC(c3ccccc3Br)=N2)cc(C(C)(C)C)c1. The van der Waals surface area contributed by atoms with Crippen molar-refractivity contribution in [3.63, 3.8) is 0 Å². The molecule has 0 saturated carbocycles. The van der Waals surface area contributed by atoms with E-state index >= 15 is 0 Å². The summed E-state index contributed by atoms with van der Waals surface area (Å²) in [5.41, 5.74) is 5.41. The van der Waals surface area contributed by atoms with Gasteiger partial charge < -0.3 is 4.74 Å². The van der Waals surface area contributed by atoms with Crippen LogP contribution in [0.3, 0.4) is 0 Å². The van der Waals surface area contributed by atoms with Crippen molar-refractivity contribution in [1.29, 1.82) is 0 Å². The van der Waals surface area contributed by atoms with Gasteiger partial charge in [0, 0.05) is 4.47 Å². The molecule has 0 unspecified atom stereocenters. The Morgan fingerprint density at radius 3 is 2.11 bits per heavy atom. The lowest BCUT2D eigenvalue weighted by molar-refractivity contribution is 0.316. The molecule has 1 aliphatic rings. The van der Waals surface area contributed by atoms with E-state index in [2.05, 4.69) is 75.7 Å². The van der Waals surface area contributed by atoms with Crippen molar-refractivity contribution in [3.05, 3.63) is 69.2 Å². The number of aliphatic imine (C=N–C) groups is 1. The Morgan fingerprint density at radius 1 is 0.963 bits per heavy atom. The zero-order chi connectivity index (χ0) is 19.8. The molecule has 2 nitrogen and oxygen atoms in total. The summed E-state index contributed by atoms with van der Waals surface area (Å²) in [6.45, 7) is 14.3. The molecular formula is C24H30BrNO. The van der Waals surface area contributed by atoms with Gasteiger partial charge in [-0.3, -0.25) is 0 Å². The maximum Gasteiger partial charge on any atom is 0.217 e. The topological polar surface area (TPSA) is 21.6 Å². The predicted molar refractivity (Wildman–Crippen MR) is 118 cm³/mol. The van der Waals surface area contributed by atoms with Crippen molar-refractivity contribution in [1.82, 2.24) is 0 Å². The van der Waals surface area contributed by atoms with Gasteiger partial charge in [0.25, 0.3) is 0 Å². The van der Waals surface area contributed by atoms with Gasteiger partial charge in [0.2, 0.25) is 5.90 Å². The van der Waals surface area contributed by atoms with E-state index in [1.807, 2.05) is 24.3 Å². The van der Waals surface area contributed by atoms with Gasteiger partial charge in [-0.15, -0.1) is 0 Å². The lowest BCUT2D eigenvalue weighted by atomic mass is 9.79. The molecule has 0 bridgehead atoms. The zero-order valence-electron chi connectivity index (χ0n) is 17.3. The normalized spacial score (nSPS) is 17.6. The van der Waals surface area contributed by atoms with Crippen LogP contribution in [0.25, 0.3) is 0 Å². The van der Waals surface area contributed by atoms with Gasteiger partial charge in [-0.2, -0.15) is 0 Å². The summed E-state index contributed by atoms with van der Waals surface area (Å²) in [6.07, 6.45) is 0.904. The monoisotopic (exact) mass is 427 g/mol. The Bertz CT molecular complexity index is 823. The van der Waals surface area contributed by atoms with Gasteiger partial charge >= 0.3 is 0 Å². The summed E-state index contributed by atoms with van der Waals surface area (Å²) in [4.78, 5) is 4.86. The Kier molecular flexibility index (Phi) is 5.54. The van der Waals surface area contributed by atoms with Gasteiger partial charge in [-0.05, 0) is 62.0 Å². The first-order chi connectivity index (χ1) is 12.5. The molecule has 1 atom stereocenters. The molecule has 3 heteroatoms. The summed E-state index contributed by atoms with van der Waals surface area (Å²) in [5.74, 6) is 0.746. The second-order valence-electron chi connectivity index (χ2n) is 9.50. The Balaban J connectivity index is 1.89. The fourth-order valence-electron chi connectivity index (χ4n) is 3.25. The number of hydrogen-bond donors (Lipinski definition) is 0. The number of nitrogens with zero attached hydrogens (tertiary/aromatic N) is 1. The molecule has 2 aromatic rings. The molecule has 0 amide bonds. The van der Waals surface area contributed by atoms with Crippen LogP contribution in [0.1, 0.15) is 63.8 Å². The van der Waals surface area contributed by atoms with E-state index in [4.69, 9.17) is 9.73 Å². The fraction of sp³-hybridized carbons (Fsp3) is 0.458. The van der Waals surface area contributed by atoms with Crippen LogP contribution in [0.4, 0.5) is 0 Å². The van der Waals surface area contributed by atoms with Crippen LogP contribution in [0.5, 0.6) is 0 Å². The average molecular weight is 428 g/mol. The van der Waals surface area contributed by atoms with Crippen LogP contribution in [-0.4, -0.2) is 18.5 Å². The van der Waals surface area contributed by atoms with E-state index < -0.39 is 0 Å². The second kappa shape index (κ2) is 7.43. The van der Waals surface area contributed by atoms with Gasteiger partial charge in [-0.25, -0.2) is 4.99 Å². The maximum absolute atomic E-state index is 5.92.